The average molecular weight is 236 g/mol. The van der Waals surface area contributed by atoms with E-state index in [9.17, 15) is 4.39 Å². The summed E-state index contributed by atoms with van der Waals surface area (Å²) in [6.07, 6.45) is 1.09. The van der Waals surface area contributed by atoms with Crippen molar-refractivity contribution < 1.29 is 4.39 Å². The van der Waals surface area contributed by atoms with Crippen LogP contribution in [0, 0.1) is 12.7 Å². The van der Waals surface area contributed by atoms with Crippen molar-refractivity contribution in [1.29, 1.82) is 0 Å². The van der Waals surface area contributed by atoms with E-state index in [1.807, 2.05) is 13.0 Å². The van der Waals surface area contributed by atoms with Crippen molar-refractivity contribution in [3.63, 3.8) is 0 Å². The number of hydrogen-bond donors (Lipinski definition) is 1. The van der Waals surface area contributed by atoms with Gasteiger partial charge in [0.05, 0.1) is 5.69 Å². The van der Waals surface area contributed by atoms with Crippen LogP contribution in [0.3, 0.4) is 0 Å². The lowest BCUT2D eigenvalue weighted by atomic mass is 10.1. The molecule has 1 aliphatic rings. The molecule has 1 aromatic carbocycles. The maximum absolute atomic E-state index is 13.7. The number of halogens is 1. The summed E-state index contributed by atoms with van der Waals surface area (Å²) in [7, 11) is 0. The highest BCUT2D eigenvalue weighted by molar-refractivity contribution is 5.52. The molecule has 1 heterocycles. The van der Waals surface area contributed by atoms with E-state index in [2.05, 4.69) is 24.1 Å². The lowest BCUT2D eigenvalue weighted by molar-refractivity contribution is 0.274. The minimum Gasteiger partial charge on any atom is -0.378 e. The predicted molar refractivity (Wildman–Crippen MR) is 69.9 cm³/mol. The number of para-hydroxylation sites is 1. The van der Waals surface area contributed by atoms with Gasteiger partial charge in [-0.1, -0.05) is 12.1 Å². The molecule has 0 saturated carbocycles. The van der Waals surface area contributed by atoms with Gasteiger partial charge in [0.2, 0.25) is 0 Å². The normalized spacial score (nSPS) is 21.1. The lowest BCUT2D eigenvalue weighted by Gasteiger charge is -2.21. The number of benzene rings is 1. The van der Waals surface area contributed by atoms with Gasteiger partial charge in [0.15, 0.2) is 0 Å². The van der Waals surface area contributed by atoms with E-state index in [1.165, 1.54) is 6.07 Å². The van der Waals surface area contributed by atoms with Crippen LogP contribution in [0.4, 0.5) is 10.1 Å². The molecule has 0 aromatic heterocycles. The fourth-order valence-electron chi connectivity index (χ4n) is 2.39. The highest BCUT2D eigenvalue weighted by atomic mass is 19.1. The van der Waals surface area contributed by atoms with Gasteiger partial charge >= 0.3 is 0 Å². The summed E-state index contributed by atoms with van der Waals surface area (Å²) in [5, 5.41) is 3.35. The minimum absolute atomic E-state index is 0.145. The number of hydrogen-bond acceptors (Lipinski definition) is 2. The second-order valence-electron chi connectivity index (χ2n) is 5.15. The first-order chi connectivity index (χ1) is 8.08. The molecule has 0 spiro atoms. The quantitative estimate of drug-likeness (QED) is 0.867. The van der Waals surface area contributed by atoms with Crippen molar-refractivity contribution in [1.82, 2.24) is 4.90 Å². The van der Waals surface area contributed by atoms with Gasteiger partial charge in [-0.15, -0.1) is 0 Å². The molecule has 0 radical (unpaired) electrons. The number of nitrogens with zero attached hydrogens (tertiary/aromatic N) is 1. The summed E-state index contributed by atoms with van der Waals surface area (Å²) in [5.41, 5.74) is 1.65. The summed E-state index contributed by atoms with van der Waals surface area (Å²) in [4.78, 5) is 2.42. The lowest BCUT2D eigenvalue weighted by Crippen LogP contribution is -2.31. The van der Waals surface area contributed by atoms with E-state index in [0.717, 1.165) is 25.1 Å². The molecule has 2 nitrogen and oxygen atoms in total. The van der Waals surface area contributed by atoms with Gasteiger partial charge in [0, 0.05) is 25.2 Å². The number of aryl methyl sites for hydroxylation is 1. The van der Waals surface area contributed by atoms with Gasteiger partial charge < -0.3 is 5.32 Å². The van der Waals surface area contributed by atoms with E-state index >= 15 is 0 Å². The van der Waals surface area contributed by atoms with E-state index < -0.39 is 0 Å². The van der Waals surface area contributed by atoms with Crippen LogP contribution in [-0.4, -0.2) is 30.1 Å². The Bertz CT molecular complexity index is 370. The molecule has 3 heteroatoms. The van der Waals surface area contributed by atoms with Gasteiger partial charge in [-0.05, 0) is 38.8 Å². The van der Waals surface area contributed by atoms with Gasteiger partial charge in [-0.2, -0.15) is 0 Å². The zero-order valence-electron chi connectivity index (χ0n) is 10.8. The molecule has 1 unspecified atom stereocenters. The van der Waals surface area contributed by atoms with Crippen molar-refractivity contribution >= 4 is 5.69 Å². The van der Waals surface area contributed by atoms with Crippen LogP contribution in [-0.2, 0) is 0 Å². The zero-order valence-corrected chi connectivity index (χ0v) is 10.8. The maximum Gasteiger partial charge on any atom is 0.146 e. The van der Waals surface area contributed by atoms with Gasteiger partial charge in [-0.25, -0.2) is 4.39 Å². The molecule has 1 fully saturated rings. The highest BCUT2D eigenvalue weighted by Crippen LogP contribution is 2.23. The molecule has 0 aliphatic carbocycles. The van der Waals surface area contributed by atoms with Crippen LogP contribution >= 0.6 is 0 Å². The third-order valence-electron chi connectivity index (χ3n) is 3.52. The van der Waals surface area contributed by atoms with Crippen molar-refractivity contribution in [2.45, 2.75) is 39.3 Å². The van der Waals surface area contributed by atoms with Crippen LogP contribution in [0.5, 0.6) is 0 Å². The summed E-state index contributed by atoms with van der Waals surface area (Å²) in [6, 6.07) is 6.16. The van der Waals surface area contributed by atoms with Crippen molar-refractivity contribution in [3.05, 3.63) is 29.6 Å². The molecule has 1 N–H and O–H groups in total. The zero-order chi connectivity index (χ0) is 12.4. The predicted octanol–water partition coefficient (Wildman–Crippen LogP) is 3.03. The second kappa shape index (κ2) is 5.05. The Hall–Kier alpha value is -1.09. The second-order valence-corrected chi connectivity index (χ2v) is 5.15. The Balaban J connectivity index is 2.03. The third-order valence-corrected chi connectivity index (χ3v) is 3.52. The van der Waals surface area contributed by atoms with Crippen LogP contribution < -0.4 is 5.32 Å². The Kier molecular flexibility index (Phi) is 3.67. The molecule has 2 rings (SSSR count). The van der Waals surface area contributed by atoms with Gasteiger partial charge in [0.25, 0.3) is 0 Å². The van der Waals surface area contributed by atoms with Gasteiger partial charge in [-0.3, -0.25) is 4.90 Å². The van der Waals surface area contributed by atoms with E-state index in [-0.39, 0.29) is 5.82 Å². The molecular formula is C14H21FN2. The highest BCUT2D eigenvalue weighted by Gasteiger charge is 2.24. The molecule has 0 bridgehead atoms. The number of rotatable bonds is 3. The van der Waals surface area contributed by atoms with E-state index in [1.54, 1.807) is 6.07 Å². The minimum atomic E-state index is -0.145. The summed E-state index contributed by atoms with van der Waals surface area (Å²) in [5.74, 6) is -0.145. The molecule has 1 aromatic rings. The van der Waals surface area contributed by atoms with Gasteiger partial charge in [0.1, 0.15) is 5.82 Å². The van der Waals surface area contributed by atoms with Crippen molar-refractivity contribution in [3.8, 4) is 0 Å². The largest absolute Gasteiger partial charge is 0.378 e. The first-order valence-electron chi connectivity index (χ1n) is 6.33. The Morgan fingerprint density at radius 3 is 2.76 bits per heavy atom. The molecule has 1 atom stereocenters. The standard InChI is InChI=1S/C14H21FN2/c1-10(2)17-8-7-12(9-17)16-14-11(3)5-4-6-13(14)15/h4-6,10,12,16H,7-9H2,1-3H3. The summed E-state index contributed by atoms with van der Waals surface area (Å²) >= 11 is 0. The van der Waals surface area contributed by atoms with Crippen LogP contribution in [0.2, 0.25) is 0 Å². The number of nitrogens with one attached hydrogen (secondary N) is 1. The summed E-state index contributed by atoms with van der Waals surface area (Å²) < 4.78 is 13.7. The maximum atomic E-state index is 13.7. The topological polar surface area (TPSA) is 15.3 Å². The average Bonchev–Trinajstić information content (AvgIpc) is 2.72. The number of anilines is 1. The first kappa shape index (κ1) is 12.4. The molecular weight excluding hydrogens is 215 g/mol. The SMILES string of the molecule is Cc1cccc(F)c1NC1CCN(C(C)C)C1. The van der Waals surface area contributed by atoms with Crippen LogP contribution in [0.25, 0.3) is 0 Å². The molecule has 94 valence electrons. The fourth-order valence-corrected chi connectivity index (χ4v) is 2.39. The monoisotopic (exact) mass is 236 g/mol. The van der Waals surface area contributed by atoms with Crippen LogP contribution in [0.15, 0.2) is 18.2 Å². The molecule has 1 saturated heterocycles. The van der Waals surface area contributed by atoms with E-state index in [0.29, 0.717) is 17.8 Å². The van der Waals surface area contributed by atoms with Crippen LogP contribution in [0.1, 0.15) is 25.8 Å². The summed E-state index contributed by atoms with van der Waals surface area (Å²) in [6.45, 7) is 8.46. The molecule has 1 aliphatic heterocycles. The molecule has 0 amide bonds. The molecule has 17 heavy (non-hydrogen) atoms. The van der Waals surface area contributed by atoms with E-state index in [4.69, 9.17) is 0 Å². The van der Waals surface area contributed by atoms with Crippen molar-refractivity contribution in [2.24, 2.45) is 0 Å². The number of likely N-dealkylation sites (tertiary alicyclic amines) is 1. The van der Waals surface area contributed by atoms with Crippen molar-refractivity contribution in [2.75, 3.05) is 18.4 Å². The Morgan fingerprint density at radius 2 is 2.18 bits per heavy atom. The Morgan fingerprint density at radius 1 is 1.41 bits per heavy atom. The smallest absolute Gasteiger partial charge is 0.146 e. The third kappa shape index (κ3) is 2.78. The first-order valence-corrected chi connectivity index (χ1v) is 6.33. The fraction of sp³-hybridized carbons (Fsp3) is 0.571. The Labute approximate surface area is 103 Å².